The molecule has 0 saturated heterocycles. The van der Waals surface area contributed by atoms with Crippen molar-refractivity contribution in [3.05, 3.63) is 0 Å². The molecule has 3 N–H and O–H groups in total. The highest BCUT2D eigenvalue weighted by atomic mass is 32.2. The molecule has 14 heavy (non-hydrogen) atoms. The van der Waals surface area contributed by atoms with E-state index in [1.165, 1.54) is 6.42 Å². The van der Waals surface area contributed by atoms with E-state index in [0.29, 0.717) is 6.42 Å². The largest absolute Gasteiger partial charge is 0.330 e. The monoisotopic (exact) mass is 223 g/mol. The molecule has 0 unspecified atom stereocenters. The Kier molecular flexibility index (Phi) is 8.12. The molecule has 0 saturated carbocycles. The van der Waals surface area contributed by atoms with E-state index in [-0.39, 0.29) is 5.75 Å². The Morgan fingerprint density at radius 3 is 1.71 bits per heavy atom. The number of unbranched alkanes of at least 4 members (excludes halogenated alkanes) is 6. The molecule has 0 heterocycles. The Labute approximate surface area is 86.6 Å². The molecule has 4 nitrogen and oxygen atoms in total. The average Bonchev–Trinajstić information content (AvgIpc) is 2.08. The van der Waals surface area contributed by atoms with Crippen molar-refractivity contribution >= 4 is 10.1 Å². The second-order valence-corrected chi connectivity index (χ2v) is 5.12. The zero-order chi connectivity index (χ0) is 10.9. The summed E-state index contributed by atoms with van der Waals surface area (Å²) < 4.78 is 29.1. The number of rotatable bonds is 9. The van der Waals surface area contributed by atoms with Gasteiger partial charge in [0.25, 0.3) is 10.1 Å². The first-order chi connectivity index (χ1) is 6.56. The molecule has 0 aliphatic heterocycles. The molecule has 0 spiro atoms. The summed E-state index contributed by atoms with van der Waals surface area (Å²) in [5, 5.41) is 0. The fraction of sp³-hybridized carbons (Fsp3) is 1.00. The number of hydrogen-bond donors (Lipinski definition) is 2. The Balaban J connectivity index is 3.07. The minimum absolute atomic E-state index is 0.101. The van der Waals surface area contributed by atoms with Crippen molar-refractivity contribution in [1.29, 1.82) is 0 Å². The van der Waals surface area contributed by atoms with Crippen LogP contribution < -0.4 is 5.73 Å². The molecule has 0 amide bonds. The summed E-state index contributed by atoms with van der Waals surface area (Å²) in [6.45, 7) is 0.753. The van der Waals surface area contributed by atoms with E-state index >= 15 is 0 Å². The van der Waals surface area contributed by atoms with Crippen LogP contribution in [0.1, 0.15) is 44.9 Å². The summed E-state index contributed by atoms with van der Waals surface area (Å²) in [6.07, 6.45) is 7.02. The lowest BCUT2D eigenvalue weighted by Crippen LogP contribution is -2.03. The fourth-order valence-electron chi connectivity index (χ4n) is 1.31. The van der Waals surface area contributed by atoms with E-state index in [0.717, 1.165) is 38.6 Å². The molecule has 0 radical (unpaired) electrons. The molecule has 86 valence electrons. The smallest absolute Gasteiger partial charge is 0.264 e. The van der Waals surface area contributed by atoms with E-state index in [2.05, 4.69) is 0 Å². The molecule has 0 aliphatic carbocycles. The summed E-state index contributed by atoms with van der Waals surface area (Å²) in [5.41, 5.74) is 5.34. The fourth-order valence-corrected chi connectivity index (χ4v) is 1.88. The van der Waals surface area contributed by atoms with E-state index in [1.54, 1.807) is 0 Å². The normalized spacial score (nSPS) is 11.9. The van der Waals surface area contributed by atoms with Gasteiger partial charge in [-0.25, -0.2) is 0 Å². The highest BCUT2D eigenvalue weighted by molar-refractivity contribution is 7.85. The summed E-state index contributed by atoms with van der Waals surface area (Å²) in [4.78, 5) is 0. The van der Waals surface area contributed by atoms with Crippen LogP contribution in [-0.4, -0.2) is 25.3 Å². The predicted octanol–water partition coefficient (Wildman–Crippen LogP) is 1.56. The predicted molar refractivity (Wildman–Crippen MR) is 57.8 cm³/mol. The lowest BCUT2D eigenvalue weighted by atomic mass is 10.1. The van der Waals surface area contributed by atoms with Crippen LogP contribution in [-0.2, 0) is 10.1 Å². The molecule has 0 aromatic rings. The average molecular weight is 223 g/mol. The molecule has 0 aromatic carbocycles. The van der Waals surface area contributed by atoms with Crippen molar-refractivity contribution in [1.82, 2.24) is 0 Å². The quantitative estimate of drug-likeness (QED) is 0.459. The second kappa shape index (κ2) is 8.20. The van der Waals surface area contributed by atoms with Crippen molar-refractivity contribution in [2.45, 2.75) is 44.9 Å². The summed E-state index contributed by atoms with van der Waals surface area (Å²) in [5.74, 6) is -0.101. The molecule has 0 fully saturated rings. The van der Waals surface area contributed by atoms with Crippen molar-refractivity contribution < 1.29 is 13.0 Å². The molecule has 0 rings (SSSR count). The Morgan fingerprint density at radius 1 is 0.857 bits per heavy atom. The third kappa shape index (κ3) is 11.9. The molecular weight excluding hydrogens is 202 g/mol. The summed E-state index contributed by atoms with van der Waals surface area (Å²) in [7, 11) is -3.74. The molecule has 0 aliphatic rings. The van der Waals surface area contributed by atoms with Crippen molar-refractivity contribution in [2.75, 3.05) is 12.3 Å². The van der Waals surface area contributed by atoms with Gasteiger partial charge in [-0.05, 0) is 19.4 Å². The standard InChI is InChI=1S/C9H21NO3S/c10-8-6-4-2-1-3-5-7-9-14(11,12)13/h1-10H2,(H,11,12,13). The van der Waals surface area contributed by atoms with Crippen LogP contribution in [0.15, 0.2) is 0 Å². The molecule has 0 aromatic heterocycles. The first-order valence-corrected chi connectivity index (χ1v) is 6.82. The maximum absolute atomic E-state index is 10.3. The Hall–Kier alpha value is -0.130. The van der Waals surface area contributed by atoms with Crippen LogP contribution in [0, 0.1) is 0 Å². The zero-order valence-electron chi connectivity index (χ0n) is 8.61. The maximum Gasteiger partial charge on any atom is 0.264 e. The van der Waals surface area contributed by atoms with Crippen LogP contribution in [0.3, 0.4) is 0 Å². The van der Waals surface area contributed by atoms with E-state index < -0.39 is 10.1 Å². The van der Waals surface area contributed by atoms with Crippen LogP contribution in [0.4, 0.5) is 0 Å². The first-order valence-electron chi connectivity index (χ1n) is 5.21. The van der Waals surface area contributed by atoms with E-state index in [1.807, 2.05) is 0 Å². The van der Waals surface area contributed by atoms with Gasteiger partial charge in [-0.2, -0.15) is 8.42 Å². The van der Waals surface area contributed by atoms with Gasteiger partial charge in [0.2, 0.25) is 0 Å². The van der Waals surface area contributed by atoms with Gasteiger partial charge >= 0.3 is 0 Å². The minimum atomic E-state index is -3.74. The number of nitrogens with two attached hydrogens (primary N) is 1. The van der Waals surface area contributed by atoms with Crippen LogP contribution in [0.2, 0.25) is 0 Å². The maximum atomic E-state index is 10.3. The molecule has 0 bridgehead atoms. The van der Waals surface area contributed by atoms with Gasteiger partial charge in [-0.3, -0.25) is 4.55 Å². The highest BCUT2D eigenvalue weighted by Crippen LogP contribution is 2.07. The van der Waals surface area contributed by atoms with Crippen molar-refractivity contribution in [3.63, 3.8) is 0 Å². The van der Waals surface area contributed by atoms with Gasteiger partial charge in [0.05, 0.1) is 5.75 Å². The Bertz CT molecular complexity index is 214. The Morgan fingerprint density at radius 2 is 1.29 bits per heavy atom. The van der Waals surface area contributed by atoms with Gasteiger partial charge in [-0.1, -0.05) is 32.1 Å². The van der Waals surface area contributed by atoms with E-state index in [9.17, 15) is 8.42 Å². The van der Waals surface area contributed by atoms with Crippen molar-refractivity contribution in [2.24, 2.45) is 5.73 Å². The van der Waals surface area contributed by atoms with Gasteiger partial charge in [-0.15, -0.1) is 0 Å². The van der Waals surface area contributed by atoms with Gasteiger partial charge in [0.1, 0.15) is 0 Å². The minimum Gasteiger partial charge on any atom is -0.330 e. The SMILES string of the molecule is NCCCCCCCCCS(=O)(=O)O. The van der Waals surface area contributed by atoms with Gasteiger partial charge in [0, 0.05) is 0 Å². The van der Waals surface area contributed by atoms with Gasteiger partial charge < -0.3 is 5.73 Å². The topological polar surface area (TPSA) is 80.4 Å². The third-order valence-electron chi connectivity index (χ3n) is 2.11. The molecule has 0 atom stereocenters. The second-order valence-electron chi connectivity index (χ2n) is 3.55. The van der Waals surface area contributed by atoms with Crippen molar-refractivity contribution in [3.8, 4) is 0 Å². The summed E-state index contributed by atoms with van der Waals surface area (Å²) in [6, 6.07) is 0. The number of hydrogen-bond acceptors (Lipinski definition) is 3. The highest BCUT2D eigenvalue weighted by Gasteiger charge is 2.02. The van der Waals surface area contributed by atoms with E-state index in [4.69, 9.17) is 10.3 Å². The first kappa shape index (κ1) is 13.9. The summed E-state index contributed by atoms with van der Waals surface area (Å²) >= 11 is 0. The van der Waals surface area contributed by atoms with Gasteiger partial charge in [0.15, 0.2) is 0 Å². The zero-order valence-corrected chi connectivity index (χ0v) is 9.43. The van der Waals surface area contributed by atoms with Crippen LogP contribution in [0.25, 0.3) is 0 Å². The molecular formula is C9H21NO3S. The lowest BCUT2D eigenvalue weighted by Gasteiger charge is -2.00. The molecule has 5 heteroatoms. The third-order valence-corrected chi connectivity index (χ3v) is 2.91. The van der Waals surface area contributed by atoms with Crippen LogP contribution in [0.5, 0.6) is 0 Å². The van der Waals surface area contributed by atoms with Crippen LogP contribution >= 0.6 is 0 Å². The lowest BCUT2D eigenvalue weighted by molar-refractivity contribution is 0.478.